The first-order valence-corrected chi connectivity index (χ1v) is 8.88. The van der Waals surface area contributed by atoms with Crippen molar-refractivity contribution >= 4 is 27.9 Å². The van der Waals surface area contributed by atoms with Crippen LogP contribution < -0.4 is 15.4 Å². The molecule has 0 radical (unpaired) electrons. The average molecular weight is 364 g/mol. The highest BCUT2D eigenvalue weighted by molar-refractivity contribution is 5.86. The fourth-order valence-electron chi connectivity index (χ4n) is 3.71. The molecular weight excluding hydrogens is 344 g/mol. The normalized spacial score (nSPS) is 16.9. The Morgan fingerprint density at radius 2 is 2.07 bits per heavy atom. The lowest BCUT2D eigenvalue weighted by Crippen LogP contribution is -2.49. The van der Waals surface area contributed by atoms with E-state index in [9.17, 15) is 0 Å². The largest absolute Gasteiger partial charge is 0.497 e. The fraction of sp³-hybridized carbons (Fsp3) is 0.333. The summed E-state index contributed by atoms with van der Waals surface area (Å²) in [5, 5.41) is 7.88. The second-order valence-electron chi connectivity index (χ2n) is 6.94. The van der Waals surface area contributed by atoms with Gasteiger partial charge < -0.3 is 20.4 Å². The van der Waals surface area contributed by atoms with Crippen LogP contribution in [0.25, 0.3) is 22.1 Å². The minimum absolute atomic E-state index is 0.495. The van der Waals surface area contributed by atoms with E-state index < -0.39 is 5.54 Å². The quantitative estimate of drug-likeness (QED) is 0.506. The van der Waals surface area contributed by atoms with E-state index in [0.29, 0.717) is 0 Å². The molecule has 1 aliphatic rings. The van der Waals surface area contributed by atoms with E-state index in [1.165, 1.54) is 0 Å². The molecule has 0 unspecified atom stereocenters. The van der Waals surface area contributed by atoms with Crippen LogP contribution in [0, 0.1) is 0 Å². The van der Waals surface area contributed by atoms with E-state index >= 15 is 0 Å². The zero-order chi connectivity index (χ0) is 18.4. The first-order chi connectivity index (χ1) is 13.2. The Labute approximate surface area is 155 Å². The van der Waals surface area contributed by atoms with E-state index in [1.807, 2.05) is 18.2 Å². The van der Waals surface area contributed by atoms with Crippen LogP contribution >= 0.6 is 0 Å². The Kier molecular flexibility index (Phi) is 3.51. The highest BCUT2D eigenvalue weighted by Crippen LogP contribution is 2.33. The van der Waals surface area contributed by atoms with E-state index in [4.69, 9.17) is 15.5 Å². The number of nitrogens with two attached hydrogens (primary N) is 1. The molecule has 0 bridgehead atoms. The third kappa shape index (κ3) is 2.58. The Balaban J connectivity index is 1.41. The summed E-state index contributed by atoms with van der Waals surface area (Å²) in [5.74, 6) is 2.51. The van der Waals surface area contributed by atoms with Crippen LogP contribution in [0.3, 0.4) is 0 Å². The van der Waals surface area contributed by atoms with Gasteiger partial charge in [-0.15, -0.1) is 0 Å². The molecule has 0 atom stereocenters. The van der Waals surface area contributed by atoms with Gasteiger partial charge in [0.2, 0.25) is 0 Å². The summed E-state index contributed by atoms with van der Waals surface area (Å²) < 4.78 is 5.29. The molecule has 9 nitrogen and oxygen atoms in total. The number of aromatic amines is 2. The van der Waals surface area contributed by atoms with E-state index in [1.54, 1.807) is 19.6 Å². The van der Waals surface area contributed by atoms with Gasteiger partial charge in [0, 0.05) is 19.2 Å². The summed E-state index contributed by atoms with van der Waals surface area (Å²) in [7, 11) is 1.66. The molecule has 4 aromatic rings. The SMILES string of the molecule is COc1ccc2nc(C3(N)CCN(c4ncnc5[nH]ncc45)CC3)[nH]c2c1. The lowest BCUT2D eigenvalue weighted by molar-refractivity contribution is 0.327. The lowest BCUT2D eigenvalue weighted by Gasteiger charge is -2.38. The number of fused-ring (bicyclic) bond motifs is 2. The summed E-state index contributed by atoms with van der Waals surface area (Å²) in [6.07, 6.45) is 4.87. The van der Waals surface area contributed by atoms with Gasteiger partial charge >= 0.3 is 0 Å². The number of nitrogens with zero attached hydrogens (tertiary/aromatic N) is 5. The molecule has 1 aromatic carbocycles. The number of ether oxygens (including phenoxy) is 1. The molecule has 9 heteroatoms. The van der Waals surface area contributed by atoms with Crippen molar-refractivity contribution in [3.8, 4) is 5.75 Å². The van der Waals surface area contributed by atoms with Crippen molar-refractivity contribution in [3.63, 3.8) is 0 Å². The molecule has 1 saturated heterocycles. The smallest absolute Gasteiger partial charge is 0.160 e. The molecule has 138 valence electrons. The number of H-pyrrole nitrogens is 2. The lowest BCUT2D eigenvalue weighted by atomic mass is 9.88. The van der Waals surface area contributed by atoms with Gasteiger partial charge in [-0.05, 0) is 25.0 Å². The number of anilines is 1. The third-order valence-corrected chi connectivity index (χ3v) is 5.34. The van der Waals surface area contributed by atoms with Gasteiger partial charge in [-0.3, -0.25) is 5.10 Å². The standard InChI is InChI=1S/C18H20N8O/c1-27-11-2-3-13-14(8-11)24-17(23-13)18(19)4-6-26(7-5-18)16-12-9-22-25-15(12)20-10-21-16/h2-3,8-10H,4-7,19H2,1H3,(H,23,24)(H,20,21,22,25). The Morgan fingerprint density at radius 3 is 2.89 bits per heavy atom. The highest BCUT2D eigenvalue weighted by Gasteiger charge is 2.36. The van der Waals surface area contributed by atoms with Crippen molar-refractivity contribution < 1.29 is 4.74 Å². The van der Waals surface area contributed by atoms with Gasteiger partial charge in [-0.1, -0.05) is 0 Å². The van der Waals surface area contributed by atoms with Crippen LogP contribution in [0.2, 0.25) is 0 Å². The predicted octanol–water partition coefficient (Wildman–Crippen LogP) is 1.69. The van der Waals surface area contributed by atoms with Gasteiger partial charge in [0.1, 0.15) is 23.7 Å². The summed E-state index contributed by atoms with van der Waals surface area (Å²) in [4.78, 5) is 19.0. The molecule has 1 fully saturated rings. The minimum Gasteiger partial charge on any atom is -0.497 e. The van der Waals surface area contributed by atoms with Crippen molar-refractivity contribution in [1.29, 1.82) is 0 Å². The Hall–Kier alpha value is -3.20. The molecule has 3 aromatic heterocycles. The van der Waals surface area contributed by atoms with Gasteiger partial charge in [-0.2, -0.15) is 5.10 Å². The van der Waals surface area contributed by atoms with Crippen LogP contribution in [-0.4, -0.2) is 50.3 Å². The van der Waals surface area contributed by atoms with Gasteiger partial charge in [-0.25, -0.2) is 15.0 Å². The number of benzene rings is 1. The van der Waals surface area contributed by atoms with E-state index in [0.717, 1.165) is 65.4 Å². The van der Waals surface area contributed by atoms with Crippen molar-refractivity contribution in [2.45, 2.75) is 18.4 Å². The van der Waals surface area contributed by atoms with Gasteiger partial charge in [0.05, 0.1) is 35.3 Å². The number of aromatic nitrogens is 6. The van der Waals surface area contributed by atoms with E-state index in [2.05, 4.69) is 30.0 Å². The highest BCUT2D eigenvalue weighted by atomic mass is 16.5. The minimum atomic E-state index is -0.495. The molecule has 0 aliphatic carbocycles. The van der Waals surface area contributed by atoms with Crippen molar-refractivity contribution in [1.82, 2.24) is 30.1 Å². The fourth-order valence-corrected chi connectivity index (χ4v) is 3.71. The molecule has 27 heavy (non-hydrogen) atoms. The molecule has 4 heterocycles. The Bertz CT molecular complexity index is 1110. The van der Waals surface area contributed by atoms with Crippen LogP contribution in [-0.2, 0) is 5.54 Å². The molecular formula is C18H20N8O. The molecule has 4 N–H and O–H groups in total. The topological polar surface area (TPSA) is 122 Å². The first kappa shape index (κ1) is 16.0. The second-order valence-corrected chi connectivity index (χ2v) is 6.94. The number of piperidine rings is 1. The molecule has 5 rings (SSSR count). The zero-order valence-corrected chi connectivity index (χ0v) is 14.9. The molecule has 0 amide bonds. The number of rotatable bonds is 3. The zero-order valence-electron chi connectivity index (χ0n) is 14.9. The van der Waals surface area contributed by atoms with Crippen LogP contribution in [0.5, 0.6) is 5.75 Å². The van der Waals surface area contributed by atoms with Crippen molar-refractivity contribution in [2.24, 2.45) is 5.73 Å². The number of hydrogen-bond acceptors (Lipinski definition) is 7. The maximum absolute atomic E-state index is 6.74. The van der Waals surface area contributed by atoms with Crippen LogP contribution in [0.1, 0.15) is 18.7 Å². The maximum Gasteiger partial charge on any atom is 0.160 e. The maximum atomic E-state index is 6.74. The number of imidazole rings is 1. The number of nitrogens with one attached hydrogen (secondary N) is 2. The van der Waals surface area contributed by atoms with Gasteiger partial charge in [0.15, 0.2) is 5.65 Å². The molecule has 0 saturated carbocycles. The van der Waals surface area contributed by atoms with Crippen LogP contribution in [0.15, 0.2) is 30.7 Å². The number of methoxy groups -OCH3 is 1. The summed E-state index contributed by atoms with van der Waals surface area (Å²) >= 11 is 0. The Morgan fingerprint density at radius 1 is 1.22 bits per heavy atom. The summed E-state index contributed by atoms with van der Waals surface area (Å²) in [5.41, 5.74) is 8.83. The van der Waals surface area contributed by atoms with Crippen molar-refractivity contribution in [2.75, 3.05) is 25.1 Å². The van der Waals surface area contributed by atoms with Crippen molar-refractivity contribution in [3.05, 3.63) is 36.5 Å². The summed E-state index contributed by atoms with van der Waals surface area (Å²) in [6.45, 7) is 1.57. The second kappa shape index (κ2) is 5.92. The molecule has 1 aliphatic heterocycles. The predicted molar refractivity (Wildman–Crippen MR) is 102 cm³/mol. The monoisotopic (exact) mass is 364 g/mol. The third-order valence-electron chi connectivity index (χ3n) is 5.34. The summed E-state index contributed by atoms with van der Waals surface area (Å²) in [6, 6.07) is 5.80. The number of hydrogen-bond donors (Lipinski definition) is 3. The first-order valence-electron chi connectivity index (χ1n) is 8.88. The van der Waals surface area contributed by atoms with Crippen LogP contribution in [0.4, 0.5) is 5.82 Å². The van der Waals surface area contributed by atoms with E-state index in [-0.39, 0.29) is 0 Å². The molecule has 0 spiro atoms. The van der Waals surface area contributed by atoms with Gasteiger partial charge in [0.25, 0.3) is 0 Å². The average Bonchev–Trinajstić information content (AvgIpc) is 3.35.